The highest BCUT2D eigenvalue weighted by molar-refractivity contribution is 6.33. The van der Waals surface area contributed by atoms with Crippen LogP contribution >= 0.6 is 11.6 Å². The molecule has 0 spiro atoms. The number of hydrogen-bond acceptors (Lipinski definition) is 4. The molecular formula is C20H20ClN5O2. The smallest absolute Gasteiger partial charge is 0.255 e. The molecule has 0 bridgehead atoms. The minimum absolute atomic E-state index is 0.00326. The van der Waals surface area contributed by atoms with Crippen LogP contribution < -0.4 is 5.32 Å². The number of likely N-dealkylation sites (tertiary alicyclic amines) is 1. The van der Waals surface area contributed by atoms with Crippen molar-refractivity contribution >= 4 is 34.4 Å². The molecule has 7 nitrogen and oxygen atoms in total. The summed E-state index contributed by atoms with van der Waals surface area (Å²) in [5.74, 6) is -0.194. The molecular weight excluding hydrogens is 378 g/mol. The average Bonchev–Trinajstić information content (AvgIpc) is 3.15. The molecule has 8 heteroatoms. The number of fused-ring (bicyclic) bond motifs is 1. The molecule has 0 unspecified atom stereocenters. The van der Waals surface area contributed by atoms with Crippen molar-refractivity contribution < 1.29 is 9.59 Å². The molecule has 1 aromatic carbocycles. The lowest BCUT2D eigenvalue weighted by atomic mass is 9.95. The van der Waals surface area contributed by atoms with Crippen molar-refractivity contribution in [3.63, 3.8) is 0 Å². The number of nitrogens with zero attached hydrogens (tertiary/aromatic N) is 3. The van der Waals surface area contributed by atoms with Gasteiger partial charge >= 0.3 is 0 Å². The third-order valence-corrected chi connectivity index (χ3v) is 5.43. The van der Waals surface area contributed by atoms with Gasteiger partial charge in [-0.1, -0.05) is 23.7 Å². The van der Waals surface area contributed by atoms with Crippen LogP contribution in [0.3, 0.4) is 0 Å². The summed E-state index contributed by atoms with van der Waals surface area (Å²) in [5, 5.41) is 11.4. The van der Waals surface area contributed by atoms with Gasteiger partial charge in [-0.15, -0.1) is 0 Å². The van der Waals surface area contributed by atoms with E-state index in [1.165, 1.54) is 0 Å². The first-order valence-electron chi connectivity index (χ1n) is 9.23. The van der Waals surface area contributed by atoms with E-state index >= 15 is 0 Å². The van der Waals surface area contributed by atoms with E-state index in [9.17, 15) is 9.59 Å². The Labute approximate surface area is 167 Å². The molecule has 144 valence electrons. The lowest BCUT2D eigenvalue weighted by Crippen LogP contribution is -2.43. The normalized spacial score (nSPS) is 15.0. The molecule has 1 fully saturated rings. The Hall–Kier alpha value is -2.93. The van der Waals surface area contributed by atoms with E-state index in [2.05, 4.69) is 20.5 Å². The Bertz CT molecular complexity index is 1010. The fourth-order valence-corrected chi connectivity index (χ4v) is 3.72. The van der Waals surface area contributed by atoms with Gasteiger partial charge in [-0.3, -0.25) is 14.7 Å². The summed E-state index contributed by atoms with van der Waals surface area (Å²) in [4.78, 5) is 31.1. The number of hydrogen-bond donors (Lipinski definition) is 2. The number of H-pyrrole nitrogens is 1. The third kappa shape index (κ3) is 3.71. The Morgan fingerprint density at radius 1 is 1.18 bits per heavy atom. The predicted octanol–water partition coefficient (Wildman–Crippen LogP) is 2.78. The molecule has 2 aromatic heterocycles. The molecule has 0 radical (unpaired) electrons. The van der Waals surface area contributed by atoms with Crippen molar-refractivity contribution in [1.82, 2.24) is 25.4 Å². The molecule has 3 heterocycles. The van der Waals surface area contributed by atoms with Gasteiger partial charge in [-0.2, -0.15) is 5.10 Å². The first-order valence-corrected chi connectivity index (χ1v) is 9.61. The molecule has 28 heavy (non-hydrogen) atoms. The summed E-state index contributed by atoms with van der Waals surface area (Å²) in [6.45, 7) is 1.46. The van der Waals surface area contributed by atoms with Crippen molar-refractivity contribution in [2.75, 3.05) is 13.1 Å². The van der Waals surface area contributed by atoms with Gasteiger partial charge < -0.3 is 10.2 Å². The third-order valence-electron chi connectivity index (χ3n) is 5.11. The molecule has 4 rings (SSSR count). The van der Waals surface area contributed by atoms with Crippen LogP contribution in [0.25, 0.3) is 11.0 Å². The summed E-state index contributed by atoms with van der Waals surface area (Å²) >= 11 is 6.12. The maximum Gasteiger partial charge on any atom is 0.255 e. The van der Waals surface area contributed by atoms with Gasteiger partial charge in [0.05, 0.1) is 22.8 Å². The molecule has 1 saturated heterocycles. The summed E-state index contributed by atoms with van der Waals surface area (Å²) in [6, 6.07) is 10.8. The van der Waals surface area contributed by atoms with Crippen molar-refractivity contribution in [3.8, 4) is 0 Å². The zero-order chi connectivity index (χ0) is 19.5. The van der Waals surface area contributed by atoms with Crippen molar-refractivity contribution in [2.24, 2.45) is 5.92 Å². The molecule has 0 atom stereocenters. The quantitative estimate of drug-likeness (QED) is 0.708. The number of aromatic amines is 1. The number of piperidine rings is 1. The number of rotatable bonds is 4. The van der Waals surface area contributed by atoms with Gasteiger partial charge in [0, 0.05) is 30.6 Å². The average molecular weight is 398 g/mol. The topological polar surface area (TPSA) is 91.0 Å². The molecule has 3 aromatic rings. The zero-order valence-corrected chi connectivity index (χ0v) is 15.9. The van der Waals surface area contributed by atoms with Crippen molar-refractivity contribution in [3.05, 3.63) is 58.9 Å². The first-order chi connectivity index (χ1) is 13.6. The number of carbonyl (C=O) groups is 2. The van der Waals surface area contributed by atoms with Crippen LogP contribution in [0.4, 0.5) is 0 Å². The highest BCUT2D eigenvalue weighted by atomic mass is 35.5. The molecule has 2 N–H and O–H groups in total. The maximum atomic E-state index is 12.6. The molecule has 0 aliphatic carbocycles. The summed E-state index contributed by atoms with van der Waals surface area (Å²) in [6.07, 6.45) is 2.95. The fourth-order valence-electron chi connectivity index (χ4n) is 3.51. The highest BCUT2D eigenvalue weighted by Crippen LogP contribution is 2.23. The van der Waals surface area contributed by atoms with Gasteiger partial charge in [-0.25, -0.2) is 4.98 Å². The number of nitrogens with one attached hydrogen (secondary N) is 2. The highest BCUT2D eigenvalue weighted by Gasteiger charge is 2.28. The van der Waals surface area contributed by atoms with Crippen LogP contribution in [0.1, 0.15) is 28.9 Å². The second-order valence-electron chi connectivity index (χ2n) is 6.84. The van der Waals surface area contributed by atoms with Gasteiger partial charge in [0.1, 0.15) is 0 Å². The van der Waals surface area contributed by atoms with E-state index in [1.807, 2.05) is 12.1 Å². The monoisotopic (exact) mass is 397 g/mol. The SMILES string of the molecule is O=C(NCc1[nH]nc2ncccc12)C1CCN(C(=O)c2ccccc2Cl)CC1. The molecule has 2 amide bonds. The summed E-state index contributed by atoms with van der Waals surface area (Å²) < 4.78 is 0. The largest absolute Gasteiger partial charge is 0.350 e. The van der Waals surface area contributed by atoms with E-state index in [-0.39, 0.29) is 17.7 Å². The lowest BCUT2D eigenvalue weighted by molar-refractivity contribution is -0.126. The Kier molecular flexibility index (Phi) is 5.25. The van der Waals surface area contributed by atoms with Crippen LogP contribution in [-0.4, -0.2) is 45.0 Å². The van der Waals surface area contributed by atoms with Crippen LogP contribution in [-0.2, 0) is 11.3 Å². The van der Waals surface area contributed by atoms with Gasteiger partial charge in [0.25, 0.3) is 5.91 Å². The van der Waals surface area contributed by atoms with Gasteiger partial charge in [0.2, 0.25) is 5.91 Å². The predicted molar refractivity (Wildman–Crippen MR) is 106 cm³/mol. The zero-order valence-electron chi connectivity index (χ0n) is 15.2. The first kappa shape index (κ1) is 18.4. The fraction of sp³-hybridized carbons (Fsp3) is 0.300. The van der Waals surface area contributed by atoms with Crippen LogP contribution in [0.5, 0.6) is 0 Å². The van der Waals surface area contributed by atoms with Crippen LogP contribution in [0.2, 0.25) is 5.02 Å². The van der Waals surface area contributed by atoms with Gasteiger partial charge in [0.15, 0.2) is 5.65 Å². The number of benzene rings is 1. The maximum absolute atomic E-state index is 12.6. The van der Waals surface area contributed by atoms with Crippen LogP contribution in [0.15, 0.2) is 42.6 Å². The minimum atomic E-state index is -0.109. The summed E-state index contributed by atoms with van der Waals surface area (Å²) in [5.41, 5.74) is 1.98. The van der Waals surface area contributed by atoms with E-state index in [1.54, 1.807) is 35.4 Å². The standard InChI is InChI=1S/C20H20ClN5O2/c21-16-6-2-1-4-14(16)20(28)26-10-7-13(8-11-26)19(27)23-12-17-15-5-3-9-22-18(15)25-24-17/h1-6,9,13H,7-8,10-12H2,(H,23,27)(H,22,24,25). The number of aromatic nitrogens is 3. The minimum Gasteiger partial charge on any atom is -0.350 e. The second kappa shape index (κ2) is 7.98. The lowest BCUT2D eigenvalue weighted by Gasteiger charge is -2.31. The second-order valence-corrected chi connectivity index (χ2v) is 7.25. The van der Waals surface area contributed by atoms with E-state index in [0.717, 1.165) is 11.1 Å². The summed E-state index contributed by atoms with van der Waals surface area (Å²) in [7, 11) is 0. The van der Waals surface area contributed by atoms with E-state index in [0.29, 0.717) is 48.7 Å². The number of amides is 2. The molecule has 1 aliphatic rings. The number of halogens is 1. The van der Waals surface area contributed by atoms with E-state index in [4.69, 9.17) is 11.6 Å². The number of carbonyl (C=O) groups excluding carboxylic acids is 2. The number of pyridine rings is 1. The Morgan fingerprint density at radius 2 is 1.96 bits per heavy atom. The van der Waals surface area contributed by atoms with Crippen molar-refractivity contribution in [1.29, 1.82) is 0 Å². The molecule has 0 saturated carbocycles. The van der Waals surface area contributed by atoms with Crippen LogP contribution in [0, 0.1) is 5.92 Å². The Morgan fingerprint density at radius 3 is 2.75 bits per heavy atom. The van der Waals surface area contributed by atoms with E-state index < -0.39 is 0 Å². The molecule has 1 aliphatic heterocycles. The Balaban J connectivity index is 1.31. The van der Waals surface area contributed by atoms with Crippen molar-refractivity contribution in [2.45, 2.75) is 19.4 Å². The van der Waals surface area contributed by atoms with Gasteiger partial charge in [-0.05, 0) is 37.1 Å².